The molecule has 0 bridgehead atoms. The maximum Gasteiger partial charge on any atom is 0.305 e. The third-order valence-electron chi connectivity index (χ3n) is 6.83. The first kappa shape index (κ1) is 39.8. The molecule has 0 amide bonds. The SMILES string of the molecule is CCCCC/C=C\C=C/[C@@H](O)C/C=C\C/C=C/CCCC(=O)OC[C@@H](O)COC(=O)CCCCCCCCCC(C)C. The Labute approximate surface area is 257 Å². The van der Waals surface area contributed by atoms with Gasteiger partial charge in [0, 0.05) is 12.8 Å². The molecule has 2 atom stereocenters. The van der Waals surface area contributed by atoms with E-state index in [-0.39, 0.29) is 31.6 Å². The van der Waals surface area contributed by atoms with E-state index in [0.717, 1.165) is 44.4 Å². The molecular formula is C36H62O6. The number of hydrogen-bond acceptors (Lipinski definition) is 6. The molecule has 0 aliphatic rings. The fraction of sp³-hybridized carbons (Fsp3) is 0.722. The molecule has 0 aromatic heterocycles. The molecule has 0 rings (SSSR count). The normalized spacial score (nSPS) is 13.7. The lowest BCUT2D eigenvalue weighted by atomic mass is 10.0. The van der Waals surface area contributed by atoms with E-state index in [9.17, 15) is 19.8 Å². The second-order valence-corrected chi connectivity index (χ2v) is 11.6. The van der Waals surface area contributed by atoms with Crippen molar-refractivity contribution < 1.29 is 29.3 Å². The lowest BCUT2D eigenvalue weighted by molar-refractivity contribution is -0.152. The van der Waals surface area contributed by atoms with Crippen molar-refractivity contribution in [2.45, 2.75) is 149 Å². The second-order valence-electron chi connectivity index (χ2n) is 11.6. The van der Waals surface area contributed by atoms with E-state index in [1.165, 1.54) is 51.4 Å². The van der Waals surface area contributed by atoms with Crippen molar-refractivity contribution in [3.05, 3.63) is 48.6 Å². The number of rotatable bonds is 28. The Morgan fingerprint density at radius 2 is 1.26 bits per heavy atom. The minimum atomic E-state index is -1.00. The zero-order chi connectivity index (χ0) is 31.1. The van der Waals surface area contributed by atoms with Crippen molar-refractivity contribution in [2.75, 3.05) is 13.2 Å². The summed E-state index contributed by atoms with van der Waals surface area (Å²) in [7, 11) is 0. The highest BCUT2D eigenvalue weighted by atomic mass is 16.6. The summed E-state index contributed by atoms with van der Waals surface area (Å²) in [5, 5.41) is 19.9. The van der Waals surface area contributed by atoms with Gasteiger partial charge in [0.1, 0.15) is 19.3 Å². The van der Waals surface area contributed by atoms with Crippen molar-refractivity contribution in [1.82, 2.24) is 0 Å². The van der Waals surface area contributed by atoms with Crippen LogP contribution in [0.3, 0.4) is 0 Å². The molecule has 42 heavy (non-hydrogen) atoms. The van der Waals surface area contributed by atoms with Crippen LogP contribution in [0.5, 0.6) is 0 Å². The van der Waals surface area contributed by atoms with Crippen LogP contribution in [-0.2, 0) is 19.1 Å². The van der Waals surface area contributed by atoms with Gasteiger partial charge in [0.05, 0.1) is 6.10 Å². The predicted octanol–water partition coefficient (Wildman–Crippen LogP) is 8.72. The van der Waals surface area contributed by atoms with Crippen LogP contribution in [-0.4, -0.2) is 47.6 Å². The van der Waals surface area contributed by atoms with Gasteiger partial charge in [-0.3, -0.25) is 9.59 Å². The van der Waals surface area contributed by atoms with Crippen LogP contribution in [0.15, 0.2) is 48.6 Å². The summed E-state index contributed by atoms with van der Waals surface area (Å²) in [6.45, 7) is 6.40. The highest BCUT2D eigenvalue weighted by molar-refractivity contribution is 5.69. The predicted molar refractivity (Wildman–Crippen MR) is 174 cm³/mol. The average Bonchev–Trinajstić information content (AvgIpc) is 2.96. The summed E-state index contributed by atoms with van der Waals surface area (Å²) in [6, 6.07) is 0. The Kier molecular flexibility index (Phi) is 28.7. The Hall–Kier alpha value is -2.18. The van der Waals surface area contributed by atoms with Crippen molar-refractivity contribution >= 4 is 11.9 Å². The number of allylic oxidation sites excluding steroid dienone is 6. The molecule has 0 saturated carbocycles. The van der Waals surface area contributed by atoms with Crippen LogP contribution >= 0.6 is 0 Å². The zero-order valence-corrected chi connectivity index (χ0v) is 27.0. The number of esters is 2. The van der Waals surface area contributed by atoms with Crippen LogP contribution in [0.2, 0.25) is 0 Å². The number of aliphatic hydroxyl groups excluding tert-OH is 2. The molecule has 0 aliphatic heterocycles. The van der Waals surface area contributed by atoms with E-state index < -0.39 is 12.2 Å². The summed E-state index contributed by atoms with van der Waals surface area (Å²) in [5.41, 5.74) is 0. The van der Waals surface area contributed by atoms with Gasteiger partial charge in [0.25, 0.3) is 0 Å². The van der Waals surface area contributed by atoms with Crippen molar-refractivity contribution in [1.29, 1.82) is 0 Å². The molecule has 0 saturated heterocycles. The van der Waals surface area contributed by atoms with Gasteiger partial charge in [-0.2, -0.15) is 0 Å². The molecule has 0 unspecified atom stereocenters. The highest BCUT2D eigenvalue weighted by Crippen LogP contribution is 2.13. The maximum atomic E-state index is 11.9. The van der Waals surface area contributed by atoms with E-state index in [1.807, 2.05) is 36.5 Å². The third kappa shape index (κ3) is 30.8. The first-order chi connectivity index (χ1) is 20.3. The van der Waals surface area contributed by atoms with Crippen molar-refractivity contribution in [3.8, 4) is 0 Å². The van der Waals surface area contributed by atoms with E-state index in [1.54, 1.807) is 6.08 Å². The number of hydrogen-bond donors (Lipinski definition) is 2. The standard InChI is InChI=1S/C36H62O6/c1-4-5-6-7-10-16-21-26-33(37)27-22-17-12-9-14-19-24-29-36(40)42-31-34(38)30-41-35(39)28-23-18-13-8-11-15-20-25-32(2)3/h9-10,14,16-17,21-22,26,32-34,37-38H,4-8,11-13,15,18-20,23-25,27-31H2,1-3H3/b14-9+,16-10-,22-17-,26-21-/t33-,34+/m1/s1. The molecule has 0 aromatic rings. The molecule has 0 aliphatic carbocycles. The molecule has 2 N–H and O–H groups in total. The minimum absolute atomic E-state index is 0.151. The molecule has 0 fully saturated rings. The molecule has 0 aromatic carbocycles. The minimum Gasteiger partial charge on any atom is -0.463 e. The van der Waals surface area contributed by atoms with E-state index in [0.29, 0.717) is 19.3 Å². The average molecular weight is 591 g/mol. The van der Waals surface area contributed by atoms with Gasteiger partial charge in [0.15, 0.2) is 0 Å². The van der Waals surface area contributed by atoms with Crippen LogP contribution < -0.4 is 0 Å². The number of carbonyl (C=O) groups is 2. The molecule has 0 radical (unpaired) electrons. The van der Waals surface area contributed by atoms with Crippen molar-refractivity contribution in [2.24, 2.45) is 5.92 Å². The summed E-state index contributed by atoms with van der Waals surface area (Å²) in [4.78, 5) is 23.7. The Morgan fingerprint density at radius 3 is 1.93 bits per heavy atom. The van der Waals surface area contributed by atoms with Crippen LogP contribution in [0, 0.1) is 5.92 Å². The fourth-order valence-electron chi connectivity index (χ4n) is 4.22. The van der Waals surface area contributed by atoms with E-state index in [4.69, 9.17) is 9.47 Å². The molecule has 6 nitrogen and oxygen atoms in total. The summed E-state index contributed by atoms with van der Waals surface area (Å²) in [6.07, 6.45) is 32.0. The van der Waals surface area contributed by atoms with Gasteiger partial charge in [0.2, 0.25) is 0 Å². The van der Waals surface area contributed by atoms with Gasteiger partial charge in [-0.15, -0.1) is 0 Å². The number of ether oxygens (including phenoxy) is 2. The summed E-state index contributed by atoms with van der Waals surface area (Å²) in [5.74, 6) is 0.107. The smallest absolute Gasteiger partial charge is 0.305 e. The monoisotopic (exact) mass is 590 g/mol. The Balaban J connectivity index is 3.67. The largest absolute Gasteiger partial charge is 0.463 e. The van der Waals surface area contributed by atoms with Gasteiger partial charge in [-0.05, 0) is 50.9 Å². The zero-order valence-electron chi connectivity index (χ0n) is 27.0. The lowest BCUT2D eigenvalue weighted by Crippen LogP contribution is -2.25. The topological polar surface area (TPSA) is 93.1 Å². The van der Waals surface area contributed by atoms with Crippen LogP contribution in [0.4, 0.5) is 0 Å². The fourth-order valence-corrected chi connectivity index (χ4v) is 4.22. The summed E-state index contributed by atoms with van der Waals surface area (Å²) >= 11 is 0. The molecule has 0 spiro atoms. The van der Waals surface area contributed by atoms with Gasteiger partial charge in [-0.25, -0.2) is 0 Å². The first-order valence-electron chi connectivity index (χ1n) is 16.7. The van der Waals surface area contributed by atoms with Crippen LogP contribution in [0.1, 0.15) is 136 Å². The van der Waals surface area contributed by atoms with Gasteiger partial charge < -0.3 is 19.7 Å². The lowest BCUT2D eigenvalue weighted by Gasteiger charge is -2.12. The van der Waals surface area contributed by atoms with Crippen molar-refractivity contribution in [3.63, 3.8) is 0 Å². The third-order valence-corrected chi connectivity index (χ3v) is 6.83. The summed E-state index contributed by atoms with van der Waals surface area (Å²) < 4.78 is 10.2. The number of unbranched alkanes of at least 4 members (excludes halogenated alkanes) is 10. The molecule has 242 valence electrons. The second kappa shape index (κ2) is 30.3. The van der Waals surface area contributed by atoms with E-state index >= 15 is 0 Å². The Morgan fingerprint density at radius 1 is 0.667 bits per heavy atom. The molecular weight excluding hydrogens is 528 g/mol. The highest BCUT2D eigenvalue weighted by Gasteiger charge is 2.12. The van der Waals surface area contributed by atoms with Crippen LogP contribution in [0.25, 0.3) is 0 Å². The molecule has 6 heteroatoms. The van der Waals surface area contributed by atoms with Gasteiger partial charge >= 0.3 is 11.9 Å². The number of aliphatic hydroxyl groups is 2. The first-order valence-corrected chi connectivity index (χ1v) is 16.7. The Bertz CT molecular complexity index is 752. The molecule has 0 heterocycles. The quantitative estimate of drug-likeness (QED) is 0.0410. The maximum absolute atomic E-state index is 11.9. The van der Waals surface area contributed by atoms with E-state index in [2.05, 4.69) is 26.8 Å². The number of carbonyl (C=O) groups excluding carboxylic acids is 2. The van der Waals surface area contributed by atoms with Gasteiger partial charge in [-0.1, -0.05) is 127 Å².